The zero-order valence-electron chi connectivity index (χ0n) is 12.1. The average Bonchev–Trinajstić information content (AvgIpc) is 2.79. The molecule has 1 aliphatic heterocycles. The summed E-state index contributed by atoms with van der Waals surface area (Å²) in [6, 6.07) is 2.41. The van der Waals surface area contributed by atoms with E-state index >= 15 is 0 Å². The third-order valence-electron chi connectivity index (χ3n) is 3.24. The van der Waals surface area contributed by atoms with Gasteiger partial charge >= 0.3 is 0 Å². The van der Waals surface area contributed by atoms with Crippen LogP contribution in [0, 0.1) is 5.92 Å². The number of thiophene rings is 1. The van der Waals surface area contributed by atoms with Crippen molar-refractivity contribution < 1.29 is 0 Å². The molecule has 0 spiro atoms. The van der Waals surface area contributed by atoms with Crippen molar-refractivity contribution in [3.05, 3.63) is 21.4 Å². The Morgan fingerprint density at radius 1 is 1.26 bits per heavy atom. The molecule has 2 nitrogen and oxygen atoms in total. The van der Waals surface area contributed by atoms with Crippen molar-refractivity contribution in [1.82, 2.24) is 10.6 Å². The fourth-order valence-corrected chi connectivity index (χ4v) is 4.59. The molecule has 1 aromatic rings. The van der Waals surface area contributed by atoms with E-state index in [9.17, 15) is 0 Å². The van der Waals surface area contributed by atoms with Gasteiger partial charge in [-0.25, -0.2) is 0 Å². The number of hydrogen-bond donors (Lipinski definition) is 2. The van der Waals surface area contributed by atoms with Gasteiger partial charge in [0.2, 0.25) is 0 Å². The van der Waals surface area contributed by atoms with E-state index in [-0.39, 0.29) is 0 Å². The van der Waals surface area contributed by atoms with Gasteiger partial charge in [-0.15, -0.1) is 11.3 Å². The zero-order valence-corrected chi connectivity index (χ0v) is 13.8. The predicted octanol–water partition coefficient (Wildman–Crippen LogP) is 3.26. The summed E-state index contributed by atoms with van der Waals surface area (Å²) in [7, 11) is 0. The molecular formula is C15H26N2S2. The van der Waals surface area contributed by atoms with Crippen molar-refractivity contribution in [1.29, 1.82) is 0 Å². The lowest BCUT2D eigenvalue weighted by Crippen LogP contribution is -2.24. The van der Waals surface area contributed by atoms with Gasteiger partial charge in [0, 0.05) is 22.1 Å². The maximum absolute atomic E-state index is 3.56. The van der Waals surface area contributed by atoms with Crippen LogP contribution in [-0.4, -0.2) is 25.4 Å². The molecule has 19 heavy (non-hydrogen) atoms. The maximum atomic E-state index is 3.56. The molecule has 0 saturated heterocycles. The number of aryl methyl sites for hydroxylation is 1. The van der Waals surface area contributed by atoms with Crippen LogP contribution in [0.4, 0.5) is 0 Å². The second-order valence-electron chi connectivity index (χ2n) is 5.59. The molecule has 0 radical (unpaired) electrons. The van der Waals surface area contributed by atoms with Gasteiger partial charge in [0.1, 0.15) is 0 Å². The van der Waals surface area contributed by atoms with Gasteiger partial charge < -0.3 is 10.6 Å². The standard InChI is InChI=1S/C15H26N2S2/c1-12(2)9-16-5-3-6-17-10-14-8-13-11-18-7-4-15(13)19-14/h8,12,16-17H,3-7,9-11H2,1-2H3. The molecule has 0 atom stereocenters. The minimum absolute atomic E-state index is 0.753. The van der Waals surface area contributed by atoms with Crippen molar-refractivity contribution in [3.8, 4) is 0 Å². The second kappa shape index (κ2) is 8.30. The van der Waals surface area contributed by atoms with Crippen molar-refractivity contribution in [2.24, 2.45) is 5.92 Å². The summed E-state index contributed by atoms with van der Waals surface area (Å²) in [5.74, 6) is 3.29. The molecule has 4 heteroatoms. The SMILES string of the molecule is CC(C)CNCCCNCc1cc2c(s1)CCSC2. The fourth-order valence-electron chi connectivity index (χ4n) is 2.24. The normalized spacial score (nSPS) is 14.9. The first-order valence-electron chi connectivity index (χ1n) is 7.35. The first-order valence-corrected chi connectivity index (χ1v) is 9.32. The molecular weight excluding hydrogens is 272 g/mol. The molecule has 1 aliphatic rings. The van der Waals surface area contributed by atoms with Crippen LogP contribution in [0.15, 0.2) is 6.07 Å². The van der Waals surface area contributed by atoms with Gasteiger partial charge in [-0.3, -0.25) is 0 Å². The molecule has 0 amide bonds. The summed E-state index contributed by atoms with van der Waals surface area (Å²) in [5, 5.41) is 7.05. The third kappa shape index (κ3) is 5.46. The van der Waals surface area contributed by atoms with E-state index in [2.05, 4.69) is 42.3 Å². The highest BCUT2D eigenvalue weighted by Crippen LogP contribution is 2.31. The topological polar surface area (TPSA) is 24.1 Å². The molecule has 2 rings (SSSR count). The Morgan fingerprint density at radius 3 is 2.89 bits per heavy atom. The Bertz CT molecular complexity index is 351. The second-order valence-corrected chi connectivity index (χ2v) is 7.92. The van der Waals surface area contributed by atoms with E-state index in [0.29, 0.717) is 0 Å². The van der Waals surface area contributed by atoms with Crippen LogP contribution in [0.1, 0.15) is 35.6 Å². The third-order valence-corrected chi connectivity index (χ3v) is 5.48. The van der Waals surface area contributed by atoms with Crippen LogP contribution in [0.5, 0.6) is 0 Å². The summed E-state index contributed by atoms with van der Waals surface area (Å²) < 4.78 is 0. The smallest absolute Gasteiger partial charge is 0.0299 e. The molecule has 2 heterocycles. The number of thioether (sulfide) groups is 1. The van der Waals surface area contributed by atoms with Crippen molar-refractivity contribution in [3.63, 3.8) is 0 Å². The largest absolute Gasteiger partial charge is 0.316 e. The van der Waals surface area contributed by atoms with E-state index in [1.165, 1.54) is 29.2 Å². The molecule has 0 aliphatic carbocycles. The zero-order chi connectivity index (χ0) is 13.5. The van der Waals surface area contributed by atoms with Crippen LogP contribution >= 0.6 is 23.1 Å². The number of hydrogen-bond acceptors (Lipinski definition) is 4. The summed E-state index contributed by atoms with van der Waals surface area (Å²) in [6.45, 7) is 8.93. The monoisotopic (exact) mass is 298 g/mol. The van der Waals surface area contributed by atoms with Gasteiger partial charge in [0.15, 0.2) is 0 Å². The van der Waals surface area contributed by atoms with Gasteiger partial charge in [-0.1, -0.05) is 13.8 Å². The Balaban J connectivity index is 1.57. The Morgan fingerprint density at radius 2 is 2.11 bits per heavy atom. The number of rotatable bonds is 8. The van der Waals surface area contributed by atoms with E-state index in [0.717, 1.165) is 32.1 Å². The summed E-state index contributed by atoms with van der Waals surface area (Å²) in [5.41, 5.74) is 1.59. The first kappa shape index (κ1) is 15.4. The minimum Gasteiger partial charge on any atom is -0.316 e. The van der Waals surface area contributed by atoms with Crippen molar-refractivity contribution in [2.45, 2.75) is 39.0 Å². The number of nitrogens with one attached hydrogen (secondary N) is 2. The molecule has 0 unspecified atom stereocenters. The number of fused-ring (bicyclic) bond motifs is 1. The highest BCUT2D eigenvalue weighted by Gasteiger charge is 2.12. The van der Waals surface area contributed by atoms with Gasteiger partial charge in [-0.05, 0) is 55.8 Å². The molecule has 1 aromatic heterocycles. The van der Waals surface area contributed by atoms with E-state index in [4.69, 9.17) is 0 Å². The lowest BCUT2D eigenvalue weighted by atomic mass is 10.2. The molecule has 108 valence electrons. The molecule has 0 bridgehead atoms. The van der Waals surface area contributed by atoms with Crippen molar-refractivity contribution in [2.75, 3.05) is 25.4 Å². The minimum atomic E-state index is 0.753. The van der Waals surface area contributed by atoms with Crippen molar-refractivity contribution >= 4 is 23.1 Å². The fraction of sp³-hybridized carbons (Fsp3) is 0.733. The van der Waals surface area contributed by atoms with Crippen LogP contribution in [0.3, 0.4) is 0 Å². The van der Waals surface area contributed by atoms with Gasteiger partial charge in [0.05, 0.1) is 0 Å². The molecule has 0 saturated carbocycles. The van der Waals surface area contributed by atoms with Crippen LogP contribution in [-0.2, 0) is 18.7 Å². The lowest BCUT2D eigenvalue weighted by Gasteiger charge is -2.08. The van der Waals surface area contributed by atoms with E-state index in [1.807, 2.05) is 11.3 Å². The van der Waals surface area contributed by atoms with Gasteiger partial charge in [-0.2, -0.15) is 11.8 Å². The Hall–Kier alpha value is -0.0300. The summed E-state index contributed by atoms with van der Waals surface area (Å²) in [6.07, 6.45) is 2.50. The Kier molecular flexibility index (Phi) is 6.71. The highest BCUT2D eigenvalue weighted by atomic mass is 32.2. The van der Waals surface area contributed by atoms with E-state index < -0.39 is 0 Å². The molecule has 2 N–H and O–H groups in total. The van der Waals surface area contributed by atoms with Crippen LogP contribution < -0.4 is 10.6 Å². The molecule has 0 fully saturated rings. The quantitative estimate of drug-likeness (QED) is 0.720. The van der Waals surface area contributed by atoms with Crippen LogP contribution in [0.25, 0.3) is 0 Å². The average molecular weight is 299 g/mol. The maximum Gasteiger partial charge on any atom is 0.0299 e. The lowest BCUT2D eigenvalue weighted by molar-refractivity contribution is 0.531. The van der Waals surface area contributed by atoms with E-state index in [1.54, 1.807) is 10.4 Å². The molecule has 0 aromatic carbocycles. The first-order chi connectivity index (χ1) is 9.25. The predicted molar refractivity (Wildman–Crippen MR) is 88.2 cm³/mol. The summed E-state index contributed by atoms with van der Waals surface area (Å²) >= 11 is 4.08. The van der Waals surface area contributed by atoms with Crippen LogP contribution in [0.2, 0.25) is 0 Å². The van der Waals surface area contributed by atoms with Gasteiger partial charge in [0.25, 0.3) is 0 Å². The Labute approximate surface area is 125 Å². The summed E-state index contributed by atoms with van der Waals surface area (Å²) in [4.78, 5) is 3.15. The highest BCUT2D eigenvalue weighted by molar-refractivity contribution is 7.98.